The van der Waals surface area contributed by atoms with Gasteiger partial charge in [-0.2, -0.15) is 0 Å². The summed E-state index contributed by atoms with van der Waals surface area (Å²) in [6.45, 7) is 7.98. The van der Waals surface area contributed by atoms with Crippen molar-refractivity contribution in [3.63, 3.8) is 0 Å². The van der Waals surface area contributed by atoms with E-state index in [-0.39, 0.29) is 24.5 Å². The number of hydrogen-bond donors (Lipinski definition) is 1. The highest BCUT2D eigenvalue weighted by Gasteiger charge is 2.29. The smallest absolute Gasteiger partial charge is 0.261 e. The number of benzene rings is 2. The Bertz CT molecular complexity index is 757. The minimum absolute atomic E-state index is 0.0130. The van der Waals surface area contributed by atoms with Crippen LogP contribution in [0.15, 0.2) is 54.6 Å². The second-order valence-electron chi connectivity index (χ2n) is 7.20. The van der Waals surface area contributed by atoms with Gasteiger partial charge in [0.1, 0.15) is 11.8 Å². The van der Waals surface area contributed by atoms with Crippen LogP contribution in [0, 0.1) is 6.92 Å². The molecule has 5 heteroatoms. The normalized spacial score (nSPS) is 11.8. The molecule has 0 aliphatic heterocycles. The fourth-order valence-corrected chi connectivity index (χ4v) is 2.94. The maximum atomic E-state index is 13.0. The monoisotopic (exact) mass is 382 g/mol. The molecule has 150 valence electrons. The van der Waals surface area contributed by atoms with Gasteiger partial charge in [-0.25, -0.2) is 0 Å². The van der Waals surface area contributed by atoms with Gasteiger partial charge in [-0.1, -0.05) is 55.0 Å². The lowest BCUT2D eigenvalue weighted by molar-refractivity contribution is -0.143. The summed E-state index contributed by atoms with van der Waals surface area (Å²) in [5.74, 6) is 0.283. The van der Waals surface area contributed by atoms with Crippen LogP contribution in [-0.4, -0.2) is 35.4 Å². The summed E-state index contributed by atoms with van der Waals surface area (Å²) < 4.78 is 5.67. The van der Waals surface area contributed by atoms with Crippen molar-refractivity contribution >= 4 is 11.8 Å². The number of nitrogens with one attached hydrogen (secondary N) is 1. The fraction of sp³-hybridized carbons (Fsp3) is 0.391. The predicted molar refractivity (Wildman–Crippen MR) is 111 cm³/mol. The molecule has 1 atom stereocenters. The summed E-state index contributed by atoms with van der Waals surface area (Å²) in [5, 5.41) is 2.92. The second-order valence-corrected chi connectivity index (χ2v) is 7.20. The number of hydrogen-bond acceptors (Lipinski definition) is 3. The molecule has 1 N–H and O–H groups in total. The first-order valence-corrected chi connectivity index (χ1v) is 9.74. The molecule has 0 aliphatic carbocycles. The molecule has 2 amide bonds. The zero-order valence-electron chi connectivity index (χ0n) is 17.1. The van der Waals surface area contributed by atoms with E-state index in [9.17, 15) is 9.59 Å². The molecular weight excluding hydrogens is 352 g/mol. The first-order chi connectivity index (χ1) is 13.4. The van der Waals surface area contributed by atoms with Crippen molar-refractivity contribution in [1.82, 2.24) is 10.2 Å². The topological polar surface area (TPSA) is 58.6 Å². The number of carbonyl (C=O) groups excluding carboxylic acids is 2. The van der Waals surface area contributed by atoms with Gasteiger partial charge < -0.3 is 15.0 Å². The molecule has 2 aromatic rings. The minimum Gasteiger partial charge on any atom is -0.484 e. The summed E-state index contributed by atoms with van der Waals surface area (Å²) in [4.78, 5) is 27.3. The molecule has 28 heavy (non-hydrogen) atoms. The molecule has 5 nitrogen and oxygen atoms in total. The number of rotatable bonds is 9. The van der Waals surface area contributed by atoms with Crippen molar-refractivity contribution in [2.24, 2.45) is 0 Å². The largest absolute Gasteiger partial charge is 0.484 e. The van der Waals surface area contributed by atoms with Gasteiger partial charge >= 0.3 is 0 Å². The second kappa shape index (κ2) is 10.5. The molecule has 0 spiro atoms. The van der Waals surface area contributed by atoms with Gasteiger partial charge in [-0.15, -0.1) is 0 Å². The molecule has 0 bridgehead atoms. The summed E-state index contributed by atoms with van der Waals surface area (Å²) in [6.07, 6.45) is 0.529. The molecule has 0 aromatic heterocycles. The van der Waals surface area contributed by atoms with Crippen LogP contribution in [-0.2, 0) is 16.1 Å². The van der Waals surface area contributed by atoms with E-state index in [1.54, 1.807) is 4.90 Å². The first kappa shape index (κ1) is 21.5. The van der Waals surface area contributed by atoms with Crippen LogP contribution in [0.2, 0.25) is 0 Å². The van der Waals surface area contributed by atoms with Crippen molar-refractivity contribution in [3.8, 4) is 5.75 Å². The maximum absolute atomic E-state index is 13.0. The number of amides is 2. The van der Waals surface area contributed by atoms with Crippen LogP contribution in [0.1, 0.15) is 38.3 Å². The molecule has 2 aromatic carbocycles. The molecule has 2 rings (SSSR count). The van der Waals surface area contributed by atoms with Crippen LogP contribution in [0.5, 0.6) is 5.75 Å². The average Bonchev–Trinajstić information content (AvgIpc) is 2.67. The lowest BCUT2D eigenvalue weighted by Crippen LogP contribution is -2.51. The van der Waals surface area contributed by atoms with Crippen molar-refractivity contribution in [1.29, 1.82) is 0 Å². The Hall–Kier alpha value is -2.82. The van der Waals surface area contributed by atoms with E-state index >= 15 is 0 Å². The Kier molecular flexibility index (Phi) is 8.05. The Labute approximate surface area is 167 Å². The van der Waals surface area contributed by atoms with E-state index in [4.69, 9.17) is 4.74 Å². The third-order valence-corrected chi connectivity index (χ3v) is 4.40. The van der Waals surface area contributed by atoms with Gasteiger partial charge in [0.2, 0.25) is 5.91 Å². The first-order valence-electron chi connectivity index (χ1n) is 9.74. The molecule has 0 unspecified atom stereocenters. The number of nitrogens with zero attached hydrogens (tertiary/aromatic N) is 1. The standard InChI is InChI=1S/C23H30N2O3/c1-5-21(23(27)24-17(2)3)25(15-19-9-7-6-8-10-19)22(26)16-28-20-13-11-18(4)12-14-20/h6-14,17,21H,5,15-16H2,1-4H3,(H,24,27)/t21-/m1/s1. The SMILES string of the molecule is CC[C@H](C(=O)NC(C)C)N(Cc1ccccc1)C(=O)COc1ccc(C)cc1. The quantitative estimate of drug-likeness (QED) is 0.719. The van der Waals surface area contributed by atoms with Crippen LogP contribution >= 0.6 is 0 Å². The summed E-state index contributed by atoms with van der Waals surface area (Å²) >= 11 is 0. The zero-order valence-corrected chi connectivity index (χ0v) is 17.1. The van der Waals surface area contributed by atoms with Crippen LogP contribution in [0.25, 0.3) is 0 Å². The van der Waals surface area contributed by atoms with Crippen LogP contribution in [0.4, 0.5) is 0 Å². The third kappa shape index (κ3) is 6.41. The highest BCUT2D eigenvalue weighted by Crippen LogP contribution is 2.15. The van der Waals surface area contributed by atoms with Gasteiger partial charge in [0.15, 0.2) is 6.61 Å². The van der Waals surface area contributed by atoms with E-state index in [0.717, 1.165) is 11.1 Å². The van der Waals surface area contributed by atoms with Gasteiger partial charge in [0.25, 0.3) is 5.91 Å². The Morgan fingerprint density at radius 1 is 1.04 bits per heavy atom. The molecular formula is C23H30N2O3. The predicted octanol–water partition coefficient (Wildman–Crippen LogP) is 3.71. The van der Waals surface area contributed by atoms with Gasteiger partial charge in [-0.3, -0.25) is 9.59 Å². The number of ether oxygens (including phenoxy) is 1. The highest BCUT2D eigenvalue weighted by molar-refractivity contribution is 5.88. The molecule has 0 saturated carbocycles. The molecule has 0 aliphatic rings. The van der Waals surface area contributed by atoms with E-state index in [0.29, 0.717) is 18.7 Å². The van der Waals surface area contributed by atoms with Gasteiger partial charge in [0, 0.05) is 12.6 Å². The Balaban J connectivity index is 2.16. The van der Waals surface area contributed by atoms with E-state index in [1.807, 2.05) is 82.3 Å². The van der Waals surface area contributed by atoms with Crippen molar-refractivity contribution in [2.45, 2.75) is 52.7 Å². The van der Waals surface area contributed by atoms with Crippen molar-refractivity contribution in [3.05, 3.63) is 65.7 Å². The average molecular weight is 383 g/mol. The van der Waals surface area contributed by atoms with E-state index in [1.165, 1.54) is 0 Å². The summed E-state index contributed by atoms with van der Waals surface area (Å²) in [5.41, 5.74) is 2.10. The highest BCUT2D eigenvalue weighted by atomic mass is 16.5. The maximum Gasteiger partial charge on any atom is 0.261 e. The molecule has 0 heterocycles. The number of carbonyl (C=O) groups is 2. The third-order valence-electron chi connectivity index (χ3n) is 4.40. The lowest BCUT2D eigenvalue weighted by atomic mass is 10.1. The van der Waals surface area contributed by atoms with Crippen LogP contribution in [0.3, 0.4) is 0 Å². The molecule has 0 radical (unpaired) electrons. The molecule has 0 saturated heterocycles. The Morgan fingerprint density at radius 3 is 2.25 bits per heavy atom. The number of aryl methyl sites for hydroxylation is 1. The van der Waals surface area contributed by atoms with E-state index in [2.05, 4.69) is 5.32 Å². The lowest BCUT2D eigenvalue weighted by Gasteiger charge is -2.31. The fourth-order valence-electron chi connectivity index (χ4n) is 2.94. The summed E-state index contributed by atoms with van der Waals surface area (Å²) in [6, 6.07) is 16.7. The zero-order chi connectivity index (χ0) is 20.5. The van der Waals surface area contributed by atoms with Crippen molar-refractivity contribution < 1.29 is 14.3 Å². The Morgan fingerprint density at radius 2 is 1.68 bits per heavy atom. The van der Waals surface area contributed by atoms with Gasteiger partial charge in [-0.05, 0) is 44.9 Å². The van der Waals surface area contributed by atoms with Crippen molar-refractivity contribution in [2.75, 3.05) is 6.61 Å². The van der Waals surface area contributed by atoms with Crippen LogP contribution < -0.4 is 10.1 Å². The minimum atomic E-state index is -0.545. The summed E-state index contributed by atoms with van der Waals surface area (Å²) in [7, 11) is 0. The van der Waals surface area contributed by atoms with Gasteiger partial charge in [0.05, 0.1) is 0 Å². The van der Waals surface area contributed by atoms with E-state index < -0.39 is 6.04 Å². The molecule has 0 fully saturated rings.